The molecule has 0 bridgehead atoms. The van der Waals surface area contributed by atoms with E-state index in [0.29, 0.717) is 10.7 Å². The van der Waals surface area contributed by atoms with Crippen molar-refractivity contribution in [1.29, 1.82) is 0 Å². The molecule has 0 saturated carbocycles. The number of aryl methyl sites for hydroxylation is 2. The van der Waals surface area contributed by atoms with E-state index in [0.717, 1.165) is 12.8 Å². The van der Waals surface area contributed by atoms with Crippen LogP contribution < -0.4 is 10.6 Å². The first-order chi connectivity index (χ1) is 9.63. The van der Waals surface area contributed by atoms with Gasteiger partial charge in [-0.2, -0.15) is 0 Å². The topological polar surface area (TPSA) is 58.2 Å². The Bertz CT molecular complexity index is 598. The maximum Gasteiger partial charge on any atom is 0.249 e. The molecule has 0 aromatic heterocycles. The van der Waals surface area contributed by atoms with Crippen LogP contribution >= 0.6 is 12.2 Å². The fourth-order valence-corrected chi connectivity index (χ4v) is 3.06. The lowest BCUT2D eigenvalue weighted by molar-refractivity contribution is -0.120. The van der Waals surface area contributed by atoms with Crippen molar-refractivity contribution < 1.29 is 9.59 Å². The van der Waals surface area contributed by atoms with Crippen molar-refractivity contribution in [1.82, 2.24) is 10.6 Å². The summed E-state index contributed by atoms with van der Waals surface area (Å²) in [6.45, 7) is 0. The number of nitrogens with one attached hydrogen (secondary N) is 2. The fraction of sp³-hybridized carbons (Fsp3) is 0.400. The second-order valence-corrected chi connectivity index (χ2v) is 5.74. The van der Waals surface area contributed by atoms with Crippen molar-refractivity contribution in [2.24, 2.45) is 0 Å². The highest BCUT2D eigenvalue weighted by molar-refractivity contribution is 7.80. The van der Waals surface area contributed by atoms with E-state index in [4.69, 9.17) is 12.2 Å². The van der Waals surface area contributed by atoms with Gasteiger partial charge in [-0.1, -0.05) is 12.1 Å². The summed E-state index contributed by atoms with van der Waals surface area (Å²) in [6, 6.07) is 5.37. The molecule has 104 valence electrons. The Hall–Kier alpha value is -1.75. The zero-order chi connectivity index (χ0) is 14.1. The van der Waals surface area contributed by atoms with Gasteiger partial charge in [0.2, 0.25) is 5.91 Å². The van der Waals surface area contributed by atoms with Crippen LogP contribution in [0, 0.1) is 0 Å². The first-order valence-corrected chi connectivity index (χ1v) is 7.30. The van der Waals surface area contributed by atoms with Crippen LogP contribution in [0.15, 0.2) is 18.2 Å². The first-order valence-electron chi connectivity index (χ1n) is 6.90. The Morgan fingerprint density at radius 3 is 2.70 bits per heavy atom. The molecule has 0 unspecified atom stereocenters. The Morgan fingerprint density at radius 2 is 2.00 bits per heavy atom. The van der Waals surface area contributed by atoms with Gasteiger partial charge in [-0.3, -0.25) is 9.59 Å². The van der Waals surface area contributed by atoms with Gasteiger partial charge in [0.15, 0.2) is 10.9 Å². The van der Waals surface area contributed by atoms with Crippen LogP contribution in [0.5, 0.6) is 0 Å². The van der Waals surface area contributed by atoms with Crippen LogP contribution in [0.4, 0.5) is 0 Å². The molecule has 1 aromatic rings. The summed E-state index contributed by atoms with van der Waals surface area (Å²) in [5.74, 6) is -0.239. The Morgan fingerprint density at radius 1 is 1.25 bits per heavy atom. The average Bonchev–Trinajstić information content (AvgIpc) is 2.76. The SMILES string of the molecule is O=C(C[C@H]1NC(=S)NC1=O)c1ccc2c(c1)CCCC2. The summed E-state index contributed by atoms with van der Waals surface area (Å²) in [5.41, 5.74) is 3.32. The number of rotatable bonds is 3. The minimum Gasteiger partial charge on any atom is -0.350 e. The fourth-order valence-electron chi connectivity index (χ4n) is 2.81. The van der Waals surface area contributed by atoms with E-state index in [1.54, 1.807) is 0 Å². The van der Waals surface area contributed by atoms with Gasteiger partial charge in [-0.15, -0.1) is 0 Å². The van der Waals surface area contributed by atoms with Gasteiger partial charge in [-0.05, 0) is 55.1 Å². The molecule has 2 N–H and O–H groups in total. The molecule has 0 radical (unpaired) electrons. The standard InChI is InChI=1S/C15H16N2O2S/c18-13(8-12-14(19)17-15(20)16-12)11-6-5-9-3-1-2-4-10(9)7-11/h5-7,12H,1-4,8H2,(H2,16,17,19,20)/t12-/m1/s1. The van der Waals surface area contributed by atoms with Gasteiger partial charge in [-0.25, -0.2) is 0 Å². The van der Waals surface area contributed by atoms with Gasteiger partial charge in [0.05, 0.1) is 0 Å². The maximum absolute atomic E-state index is 12.3. The molecular formula is C15H16N2O2S. The van der Waals surface area contributed by atoms with E-state index in [9.17, 15) is 9.59 Å². The van der Waals surface area contributed by atoms with Crippen molar-refractivity contribution in [2.45, 2.75) is 38.1 Å². The number of thiocarbonyl (C=S) groups is 1. The number of amides is 1. The molecule has 2 aliphatic rings. The zero-order valence-corrected chi connectivity index (χ0v) is 11.9. The highest BCUT2D eigenvalue weighted by Crippen LogP contribution is 2.23. The number of ketones is 1. The Balaban J connectivity index is 1.74. The van der Waals surface area contributed by atoms with Crippen LogP contribution in [0.3, 0.4) is 0 Å². The molecule has 5 heteroatoms. The number of Topliss-reactive ketones (excluding diaryl/α,β-unsaturated/α-hetero) is 1. The van der Waals surface area contributed by atoms with Crippen LogP contribution in [0.25, 0.3) is 0 Å². The second kappa shape index (κ2) is 5.32. The van der Waals surface area contributed by atoms with Crippen molar-refractivity contribution in [3.05, 3.63) is 34.9 Å². The minimum absolute atomic E-state index is 0.0178. The molecule has 1 aromatic carbocycles. The summed E-state index contributed by atoms with van der Waals surface area (Å²) in [4.78, 5) is 23.8. The van der Waals surface area contributed by atoms with E-state index in [2.05, 4.69) is 16.7 Å². The summed E-state index contributed by atoms with van der Waals surface area (Å²) in [5, 5.41) is 5.62. The lowest BCUT2D eigenvalue weighted by Crippen LogP contribution is -2.31. The molecule has 1 aliphatic carbocycles. The van der Waals surface area contributed by atoms with Crippen molar-refractivity contribution >= 4 is 29.0 Å². The first kappa shape index (κ1) is 13.2. The van der Waals surface area contributed by atoms with E-state index in [1.807, 2.05) is 12.1 Å². The monoisotopic (exact) mass is 288 g/mol. The molecule has 3 rings (SSSR count). The van der Waals surface area contributed by atoms with Crippen LogP contribution in [-0.2, 0) is 17.6 Å². The largest absolute Gasteiger partial charge is 0.350 e. The number of fused-ring (bicyclic) bond motifs is 1. The smallest absolute Gasteiger partial charge is 0.249 e. The molecule has 1 atom stereocenters. The third-order valence-corrected chi connectivity index (χ3v) is 4.14. The molecule has 0 spiro atoms. The minimum atomic E-state index is -0.536. The third kappa shape index (κ3) is 2.58. The molecular weight excluding hydrogens is 272 g/mol. The second-order valence-electron chi connectivity index (χ2n) is 5.33. The van der Waals surface area contributed by atoms with E-state index in [-0.39, 0.29) is 18.1 Å². The van der Waals surface area contributed by atoms with E-state index < -0.39 is 6.04 Å². The summed E-state index contributed by atoms with van der Waals surface area (Å²) in [7, 11) is 0. The van der Waals surface area contributed by atoms with E-state index >= 15 is 0 Å². The number of benzene rings is 1. The Kier molecular flexibility index (Phi) is 3.53. The molecule has 1 heterocycles. The quantitative estimate of drug-likeness (QED) is 0.654. The van der Waals surface area contributed by atoms with Crippen LogP contribution in [0.1, 0.15) is 40.7 Å². The predicted octanol–water partition coefficient (Wildman–Crippen LogP) is 1.51. The van der Waals surface area contributed by atoms with Crippen LogP contribution in [0.2, 0.25) is 0 Å². The molecule has 20 heavy (non-hydrogen) atoms. The van der Waals surface area contributed by atoms with Crippen molar-refractivity contribution in [2.75, 3.05) is 0 Å². The maximum atomic E-state index is 12.3. The normalized spacial score (nSPS) is 21.1. The van der Waals surface area contributed by atoms with Gasteiger partial charge in [0, 0.05) is 12.0 Å². The van der Waals surface area contributed by atoms with E-state index in [1.165, 1.54) is 24.0 Å². The van der Waals surface area contributed by atoms with Gasteiger partial charge >= 0.3 is 0 Å². The number of hydrogen-bond donors (Lipinski definition) is 2. The lowest BCUT2D eigenvalue weighted by atomic mass is 9.89. The molecule has 1 saturated heterocycles. The summed E-state index contributed by atoms with van der Waals surface area (Å²) < 4.78 is 0. The summed E-state index contributed by atoms with van der Waals surface area (Å²) >= 11 is 4.87. The molecule has 1 fully saturated rings. The number of hydrogen-bond acceptors (Lipinski definition) is 3. The van der Waals surface area contributed by atoms with Crippen molar-refractivity contribution in [3.63, 3.8) is 0 Å². The van der Waals surface area contributed by atoms with Crippen molar-refractivity contribution in [3.8, 4) is 0 Å². The molecule has 1 aliphatic heterocycles. The zero-order valence-electron chi connectivity index (χ0n) is 11.1. The lowest BCUT2D eigenvalue weighted by Gasteiger charge is -2.16. The highest BCUT2D eigenvalue weighted by Gasteiger charge is 2.29. The number of carbonyl (C=O) groups is 2. The van der Waals surface area contributed by atoms with Gasteiger partial charge < -0.3 is 10.6 Å². The molecule has 1 amide bonds. The Labute approximate surface area is 122 Å². The van der Waals surface area contributed by atoms with Crippen LogP contribution in [-0.4, -0.2) is 22.8 Å². The number of carbonyl (C=O) groups excluding carboxylic acids is 2. The third-order valence-electron chi connectivity index (χ3n) is 3.92. The molecule has 4 nitrogen and oxygen atoms in total. The van der Waals surface area contributed by atoms with Gasteiger partial charge in [0.25, 0.3) is 0 Å². The average molecular weight is 288 g/mol. The van der Waals surface area contributed by atoms with Gasteiger partial charge in [0.1, 0.15) is 6.04 Å². The predicted molar refractivity (Wildman–Crippen MR) is 79.7 cm³/mol. The highest BCUT2D eigenvalue weighted by atomic mass is 32.1. The summed E-state index contributed by atoms with van der Waals surface area (Å²) in [6.07, 6.45) is 4.70.